The van der Waals surface area contributed by atoms with Gasteiger partial charge in [0.1, 0.15) is 12.1 Å². The Hall–Kier alpha value is -2.40. The molecule has 2 aromatic carbocycles. The van der Waals surface area contributed by atoms with Crippen molar-refractivity contribution < 1.29 is 4.39 Å². The Morgan fingerprint density at radius 2 is 1.96 bits per heavy atom. The minimum atomic E-state index is -0.237. The number of nitrogens with one attached hydrogen (secondary N) is 1. The molecule has 0 saturated carbocycles. The maximum atomic E-state index is 13.2. The third-order valence-electron chi connectivity index (χ3n) is 4.14. The summed E-state index contributed by atoms with van der Waals surface area (Å²) < 4.78 is 15.0. The average Bonchev–Trinajstić information content (AvgIpc) is 3.03. The molecule has 2 atom stereocenters. The molecular formula is C17H14ClFN4. The molecule has 4 rings (SSSR count). The summed E-state index contributed by atoms with van der Waals surface area (Å²) in [5.74, 6) is 0.467. The van der Waals surface area contributed by atoms with Gasteiger partial charge in [0.15, 0.2) is 0 Å². The van der Waals surface area contributed by atoms with E-state index in [1.54, 1.807) is 12.1 Å². The highest BCUT2D eigenvalue weighted by atomic mass is 35.5. The molecule has 0 aliphatic carbocycles. The lowest BCUT2D eigenvalue weighted by atomic mass is 9.93. The highest BCUT2D eigenvalue weighted by Crippen LogP contribution is 2.37. The van der Waals surface area contributed by atoms with Gasteiger partial charge < -0.3 is 5.32 Å². The molecule has 4 nitrogen and oxygen atoms in total. The first-order chi connectivity index (χ1) is 11.2. The average molecular weight is 329 g/mol. The minimum absolute atomic E-state index is 0.0301. The van der Waals surface area contributed by atoms with E-state index in [0.717, 1.165) is 17.5 Å². The Bertz CT molecular complexity index is 831. The van der Waals surface area contributed by atoms with Crippen molar-refractivity contribution in [1.29, 1.82) is 0 Å². The Balaban J connectivity index is 1.73. The number of fused-ring (bicyclic) bond motifs is 1. The van der Waals surface area contributed by atoms with Gasteiger partial charge in [-0.2, -0.15) is 10.1 Å². The number of rotatable bonds is 2. The number of hydrogen-bond acceptors (Lipinski definition) is 3. The molecule has 6 heteroatoms. The molecule has 1 N–H and O–H groups in total. The molecule has 23 heavy (non-hydrogen) atoms. The fraction of sp³-hybridized carbons (Fsp3) is 0.176. The zero-order chi connectivity index (χ0) is 15.8. The number of hydrogen-bond donors (Lipinski definition) is 1. The second-order valence-electron chi connectivity index (χ2n) is 5.58. The van der Waals surface area contributed by atoms with Crippen molar-refractivity contribution in [3.63, 3.8) is 0 Å². The van der Waals surface area contributed by atoms with E-state index < -0.39 is 0 Å². The lowest BCUT2D eigenvalue weighted by Crippen LogP contribution is -2.28. The van der Waals surface area contributed by atoms with E-state index >= 15 is 0 Å². The van der Waals surface area contributed by atoms with Crippen molar-refractivity contribution in [2.45, 2.75) is 18.5 Å². The summed E-state index contributed by atoms with van der Waals surface area (Å²) in [5.41, 5.74) is 2.10. The fourth-order valence-electron chi connectivity index (χ4n) is 3.02. The molecule has 3 aromatic rings. The van der Waals surface area contributed by atoms with E-state index in [2.05, 4.69) is 15.4 Å². The van der Waals surface area contributed by atoms with E-state index in [1.807, 2.05) is 28.9 Å². The second kappa shape index (κ2) is 5.66. The Labute approximate surface area is 137 Å². The van der Waals surface area contributed by atoms with Crippen LogP contribution in [0.5, 0.6) is 0 Å². The SMILES string of the molecule is Fc1ccc([C@H]2C[C@H](c3cccc(Cl)c3)n3ncnc3N2)cc1. The van der Waals surface area contributed by atoms with Crippen LogP contribution in [0.2, 0.25) is 5.02 Å². The summed E-state index contributed by atoms with van der Waals surface area (Å²) in [7, 11) is 0. The molecular weight excluding hydrogens is 315 g/mol. The quantitative estimate of drug-likeness (QED) is 0.766. The van der Waals surface area contributed by atoms with Gasteiger partial charge in [0.05, 0.1) is 12.1 Å². The van der Waals surface area contributed by atoms with E-state index in [1.165, 1.54) is 18.5 Å². The van der Waals surface area contributed by atoms with Crippen LogP contribution in [0.3, 0.4) is 0 Å². The number of anilines is 1. The maximum Gasteiger partial charge on any atom is 0.222 e. The van der Waals surface area contributed by atoms with Crippen LogP contribution in [-0.4, -0.2) is 14.8 Å². The molecule has 1 aliphatic rings. The molecule has 0 bridgehead atoms. The van der Waals surface area contributed by atoms with Gasteiger partial charge in [-0.3, -0.25) is 0 Å². The van der Waals surface area contributed by atoms with Crippen LogP contribution in [0, 0.1) is 5.82 Å². The highest BCUT2D eigenvalue weighted by Gasteiger charge is 2.29. The van der Waals surface area contributed by atoms with Crippen LogP contribution in [0.4, 0.5) is 10.3 Å². The molecule has 2 heterocycles. The topological polar surface area (TPSA) is 42.7 Å². The van der Waals surface area contributed by atoms with Gasteiger partial charge in [-0.1, -0.05) is 35.9 Å². The summed E-state index contributed by atoms with van der Waals surface area (Å²) in [6, 6.07) is 14.4. The van der Waals surface area contributed by atoms with Crippen molar-refractivity contribution in [1.82, 2.24) is 14.8 Å². The third-order valence-corrected chi connectivity index (χ3v) is 4.37. The summed E-state index contributed by atoms with van der Waals surface area (Å²) in [6.45, 7) is 0. The maximum absolute atomic E-state index is 13.2. The first-order valence-electron chi connectivity index (χ1n) is 7.38. The predicted octanol–water partition coefficient (Wildman–Crippen LogP) is 4.22. The van der Waals surface area contributed by atoms with Crippen molar-refractivity contribution >= 4 is 17.5 Å². The Morgan fingerprint density at radius 1 is 1.13 bits per heavy atom. The molecule has 116 valence electrons. The van der Waals surface area contributed by atoms with Crippen LogP contribution in [-0.2, 0) is 0 Å². The number of halogens is 2. The van der Waals surface area contributed by atoms with Crippen LogP contribution in [0.15, 0.2) is 54.9 Å². The predicted molar refractivity (Wildman–Crippen MR) is 87.0 cm³/mol. The molecule has 1 aliphatic heterocycles. The lowest BCUT2D eigenvalue weighted by Gasteiger charge is -2.31. The third kappa shape index (κ3) is 2.68. The first kappa shape index (κ1) is 14.2. The minimum Gasteiger partial charge on any atom is -0.348 e. The van der Waals surface area contributed by atoms with Crippen molar-refractivity contribution in [3.05, 3.63) is 76.8 Å². The van der Waals surface area contributed by atoms with Gasteiger partial charge in [-0.05, 0) is 41.8 Å². The second-order valence-corrected chi connectivity index (χ2v) is 6.02. The molecule has 1 aromatic heterocycles. The van der Waals surface area contributed by atoms with E-state index in [9.17, 15) is 4.39 Å². The molecule has 0 unspecified atom stereocenters. The van der Waals surface area contributed by atoms with Gasteiger partial charge in [0, 0.05) is 5.02 Å². The molecule has 0 radical (unpaired) electrons. The number of nitrogens with zero attached hydrogens (tertiary/aromatic N) is 3. The summed E-state index contributed by atoms with van der Waals surface area (Å²) in [5, 5.41) is 8.38. The Kier molecular flexibility index (Phi) is 3.50. The van der Waals surface area contributed by atoms with Gasteiger partial charge in [0.25, 0.3) is 0 Å². The van der Waals surface area contributed by atoms with Crippen molar-refractivity contribution in [2.24, 2.45) is 0 Å². The molecule has 0 fully saturated rings. The van der Waals surface area contributed by atoms with Gasteiger partial charge >= 0.3 is 0 Å². The fourth-order valence-corrected chi connectivity index (χ4v) is 3.22. The van der Waals surface area contributed by atoms with Crippen LogP contribution in [0.25, 0.3) is 0 Å². The normalized spacial score (nSPS) is 19.9. The van der Waals surface area contributed by atoms with Crippen molar-refractivity contribution in [2.75, 3.05) is 5.32 Å². The summed E-state index contributed by atoms with van der Waals surface area (Å²) in [6.07, 6.45) is 2.31. The molecule has 0 amide bonds. The highest BCUT2D eigenvalue weighted by molar-refractivity contribution is 6.30. The summed E-state index contributed by atoms with van der Waals surface area (Å²) in [4.78, 5) is 4.28. The van der Waals surface area contributed by atoms with Crippen molar-refractivity contribution in [3.8, 4) is 0 Å². The standard InChI is InChI=1S/C17H14ClFN4/c18-13-3-1-2-12(8-13)16-9-15(11-4-6-14(19)7-5-11)22-17-20-10-21-23(16)17/h1-8,10,15-16H,9H2,(H,20,21,22)/t15-,16-/m1/s1. The van der Waals surface area contributed by atoms with Gasteiger partial charge in [-0.15, -0.1) is 0 Å². The zero-order valence-corrected chi connectivity index (χ0v) is 12.9. The monoisotopic (exact) mass is 328 g/mol. The number of aromatic nitrogens is 3. The molecule has 0 spiro atoms. The zero-order valence-electron chi connectivity index (χ0n) is 12.2. The van der Waals surface area contributed by atoms with E-state index in [0.29, 0.717) is 11.0 Å². The smallest absolute Gasteiger partial charge is 0.222 e. The van der Waals surface area contributed by atoms with Gasteiger partial charge in [0.2, 0.25) is 5.95 Å². The lowest BCUT2D eigenvalue weighted by molar-refractivity contribution is 0.430. The first-order valence-corrected chi connectivity index (χ1v) is 7.75. The van der Waals surface area contributed by atoms with Crippen LogP contribution in [0.1, 0.15) is 29.6 Å². The number of benzene rings is 2. The van der Waals surface area contributed by atoms with E-state index in [-0.39, 0.29) is 17.9 Å². The summed E-state index contributed by atoms with van der Waals surface area (Å²) >= 11 is 6.13. The van der Waals surface area contributed by atoms with Gasteiger partial charge in [-0.25, -0.2) is 9.07 Å². The Morgan fingerprint density at radius 3 is 2.74 bits per heavy atom. The van der Waals surface area contributed by atoms with Crippen LogP contribution >= 0.6 is 11.6 Å². The van der Waals surface area contributed by atoms with E-state index in [4.69, 9.17) is 11.6 Å². The molecule has 0 saturated heterocycles. The van der Waals surface area contributed by atoms with Crippen LogP contribution < -0.4 is 5.32 Å². The largest absolute Gasteiger partial charge is 0.348 e.